The second kappa shape index (κ2) is 12.2. The number of hydrogen-bond acceptors (Lipinski definition) is 5. The SMILES string of the molecule is CN=C(NCCCOC1CCOC1)NCC1(NC(C)c2ccccc2)CCOCC1. The number of nitrogens with one attached hydrogen (secondary N) is 3. The first-order valence-corrected chi connectivity index (χ1v) is 11.2. The minimum Gasteiger partial charge on any atom is -0.381 e. The molecule has 7 nitrogen and oxygen atoms in total. The highest BCUT2D eigenvalue weighted by Gasteiger charge is 2.34. The molecule has 2 unspecified atom stereocenters. The fraction of sp³-hybridized carbons (Fsp3) is 0.696. The molecule has 3 rings (SSSR count). The first kappa shape index (κ1) is 23.0. The lowest BCUT2D eigenvalue weighted by atomic mass is 9.88. The van der Waals surface area contributed by atoms with E-state index in [1.54, 1.807) is 0 Å². The maximum Gasteiger partial charge on any atom is 0.191 e. The molecule has 2 heterocycles. The van der Waals surface area contributed by atoms with Gasteiger partial charge in [-0.25, -0.2) is 0 Å². The van der Waals surface area contributed by atoms with Gasteiger partial charge in [0.1, 0.15) is 0 Å². The molecule has 30 heavy (non-hydrogen) atoms. The van der Waals surface area contributed by atoms with E-state index in [1.165, 1.54) is 5.56 Å². The molecule has 0 saturated carbocycles. The van der Waals surface area contributed by atoms with E-state index in [2.05, 4.69) is 58.2 Å². The average molecular weight is 419 g/mol. The molecule has 0 spiro atoms. The zero-order valence-electron chi connectivity index (χ0n) is 18.5. The van der Waals surface area contributed by atoms with Crippen molar-refractivity contribution in [3.63, 3.8) is 0 Å². The monoisotopic (exact) mass is 418 g/mol. The smallest absolute Gasteiger partial charge is 0.191 e. The van der Waals surface area contributed by atoms with Crippen LogP contribution in [0.15, 0.2) is 35.3 Å². The van der Waals surface area contributed by atoms with Crippen molar-refractivity contribution in [3.05, 3.63) is 35.9 Å². The number of hydrogen-bond donors (Lipinski definition) is 3. The highest BCUT2D eigenvalue weighted by atomic mass is 16.5. The zero-order valence-corrected chi connectivity index (χ0v) is 18.5. The van der Waals surface area contributed by atoms with Crippen LogP contribution in [0.2, 0.25) is 0 Å². The summed E-state index contributed by atoms with van der Waals surface area (Å²) in [6.45, 7) is 7.74. The van der Waals surface area contributed by atoms with Crippen LogP contribution < -0.4 is 16.0 Å². The molecule has 1 aromatic rings. The number of ether oxygens (including phenoxy) is 3. The molecular weight excluding hydrogens is 380 g/mol. The Labute approximate surface area is 181 Å². The summed E-state index contributed by atoms with van der Waals surface area (Å²) in [5.41, 5.74) is 1.29. The number of rotatable bonds is 10. The van der Waals surface area contributed by atoms with E-state index in [-0.39, 0.29) is 17.7 Å². The topological polar surface area (TPSA) is 76.1 Å². The van der Waals surface area contributed by atoms with E-state index in [9.17, 15) is 0 Å². The summed E-state index contributed by atoms with van der Waals surface area (Å²) >= 11 is 0. The molecule has 0 aliphatic carbocycles. The quantitative estimate of drug-likeness (QED) is 0.307. The van der Waals surface area contributed by atoms with Crippen LogP contribution in [0.25, 0.3) is 0 Å². The molecule has 2 aliphatic rings. The minimum absolute atomic E-state index is 0.0172. The third-order valence-electron chi connectivity index (χ3n) is 5.95. The van der Waals surface area contributed by atoms with Crippen molar-refractivity contribution in [2.45, 2.75) is 50.3 Å². The molecule has 2 fully saturated rings. The molecule has 0 amide bonds. The summed E-state index contributed by atoms with van der Waals surface area (Å²) < 4.78 is 16.8. The molecule has 7 heteroatoms. The van der Waals surface area contributed by atoms with Crippen molar-refractivity contribution in [1.82, 2.24) is 16.0 Å². The lowest BCUT2D eigenvalue weighted by Gasteiger charge is -2.41. The van der Waals surface area contributed by atoms with E-state index < -0.39 is 0 Å². The Bertz CT molecular complexity index is 629. The lowest BCUT2D eigenvalue weighted by Crippen LogP contribution is -2.58. The Morgan fingerprint density at radius 3 is 2.67 bits per heavy atom. The highest BCUT2D eigenvalue weighted by molar-refractivity contribution is 5.79. The molecule has 0 bridgehead atoms. The van der Waals surface area contributed by atoms with Crippen LogP contribution in [0.1, 0.15) is 44.2 Å². The number of aliphatic imine (C=N–C) groups is 1. The van der Waals surface area contributed by atoms with Crippen LogP contribution in [0.4, 0.5) is 0 Å². The van der Waals surface area contributed by atoms with Gasteiger partial charge in [0.05, 0.1) is 12.7 Å². The highest BCUT2D eigenvalue weighted by Crippen LogP contribution is 2.25. The summed E-state index contributed by atoms with van der Waals surface area (Å²) in [6.07, 6.45) is 4.18. The number of guanidine groups is 1. The zero-order chi connectivity index (χ0) is 21.1. The van der Waals surface area contributed by atoms with Crippen molar-refractivity contribution >= 4 is 5.96 Å². The van der Waals surface area contributed by atoms with Gasteiger partial charge in [-0.1, -0.05) is 30.3 Å². The predicted molar refractivity (Wildman–Crippen MR) is 120 cm³/mol. The van der Waals surface area contributed by atoms with Crippen LogP contribution in [0.3, 0.4) is 0 Å². The van der Waals surface area contributed by atoms with Crippen LogP contribution in [-0.4, -0.2) is 70.8 Å². The standard InChI is InChI=1S/C23H38N4O3/c1-19(20-7-4-3-5-8-20)27-23(10-15-28-16-11-23)18-26-22(24-2)25-12-6-13-30-21-9-14-29-17-21/h3-5,7-8,19,21,27H,6,9-18H2,1-2H3,(H2,24,25,26). The van der Waals surface area contributed by atoms with Gasteiger partial charge in [-0.15, -0.1) is 0 Å². The fourth-order valence-corrected chi connectivity index (χ4v) is 4.07. The summed E-state index contributed by atoms with van der Waals surface area (Å²) in [5, 5.41) is 10.8. The number of benzene rings is 1. The van der Waals surface area contributed by atoms with Gasteiger partial charge < -0.3 is 30.2 Å². The van der Waals surface area contributed by atoms with Gasteiger partial charge in [-0.3, -0.25) is 4.99 Å². The maximum absolute atomic E-state index is 5.83. The summed E-state index contributed by atoms with van der Waals surface area (Å²) in [6, 6.07) is 10.9. The molecule has 2 saturated heterocycles. The Morgan fingerprint density at radius 2 is 1.97 bits per heavy atom. The molecule has 0 aromatic heterocycles. The van der Waals surface area contributed by atoms with Gasteiger partial charge >= 0.3 is 0 Å². The molecule has 2 aliphatic heterocycles. The first-order chi connectivity index (χ1) is 14.7. The van der Waals surface area contributed by atoms with Gasteiger partial charge in [0.2, 0.25) is 0 Å². The molecule has 3 N–H and O–H groups in total. The molecule has 0 radical (unpaired) electrons. The van der Waals surface area contributed by atoms with Crippen molar-refractivity contribution < 1.29 is 14.2 Å². The van der Waals surface area contributed by atoms with E-state index in [1.807, 2.05) is 7.05 Å². The average Bonchev–Trinajstić information content (AvgIpc) is 3.30. The Kier molecular flexibility index (Phi) is 9.39. The summed E-state index contributed by atoms with van der Waals surface area (Å²) in [7, 11) is 1.82. The lowest BCUT2D eigenvalue weighted by molar-refractivity contribution is 0.0354. The predicted octanol–water partition coefficient (Wildman–Crippen LogP) is 2.25. The Hall–Kier alpha value is -1.67. The van der Waals surface area contributed by atoms with Crippen LogP contribution in [-0.2, 0) is 14.2 Å². The molecule has 168 valence electrons. The molecule has 2 atom stereocenters. The Morgan fingerprint density at radius 1 is 1.17 bits per heavy atom. The van der Waals surface area contributed by atoms with Crippen molar-refractivity contribution in [1.29, 1.82) is 0 Å². The van der Waals surface area contributed by atoms with E-state index in [0.717, 1.165) is 77.8 Å². The summed E-state index contributed by atoms with van der Waals surface area (Å²) in [4.78, 5) is 4.39. The van der Waals surface area contributed by atoms with Crippen molar-refractivity contribution in [2.75, 3.05) is 53.2 Å². The van der Waals surface area contributed by atoms with E-state index in [0.29, 0.717) is 0 Å². The Balaban J connectivity index is 1.44. The number of nitrogens with zero attached hydrogens (tertiary/aromatic N) is 1. The molecular formula is C23H38N4O3. The fourth-order valence-electron chi connectivity index (χ4n) is 4.07. The van der Waals surface area contributed by atoms with Crippen LogP contribution in [0, 0.1) is 0 Å². The molecule has 1 aromatic carbocycles. The van der Waals surface area contributed by atoms with Gasteiger partial charge in [0, 0.05) is 58.1 Å². The van der Waals surface area contributed by atoms with E-state index in [4.69, 9.17) is 14.2 Å². The summed E-state index contributed by atoms with van der Waals surface area (Å²) in [5.74, 6) is 0.833. The minimum atomic E-state index is -0.0172. The third kappa shape index (κ3) is 7.23. The van der Waals surface area contributed by atoms with Crippen LogP contribution in [0.5, 0.6) is 0 Å². The first-order valence-electron chi connectivity index (χ1n) is 11.2. The van der Waals surface area contributed by atoms with Gasteiger partial charge in [-0.2, -0.15) is 0 Å². The van der Waals surface area contributed by atoms with Gasteiger partial charge in [0.15, 0.2) is 5.96 Å². The second-order valence-electron chi connectivity index (χ2n) is 8.23. The van der Waals surface area contributed by atoms with Crippen molar-refractivity contribution in [2.24, 2.45) is 4.99 Å². The van der Waals surface area contributed by atoms with Gasteiger partial charge in [-0.05, 0) is 38.2 Å². The maximum atomic E-state index is 5.83. The van der Waals surface area contributed by atoms with Gasteiger partial charge in [0.25, 0.3) is 0 Å². The second-order valence-corrected chi connectivity index (χ2v) is 8.23. The largest absolute Gasteiger partial charge is 0.381 e. The van der Waals surface area contributed by atoms with E-state index >= 15 is 0 Å². The third-order valence-corrected chi connectivity index (χ3v) is 5.95. The normalized spacial score (nSPS) is 22.6. The van der Waals surface area contributed by atoms with Crippen LogP contribution >= 0.6 is 0 Å². The van der Waals surface area contributed by atoms with Crippen molar-refractivity contribution in [3.8, 4) is 0 Å².